The Morgan fingerprint density at radius 3 is 1.54 bits per heavy atom. The average molecular weight is 714 g/mol. The van der Waals surface area contributed by atoms with Crippen LogP contribution >= 0.6 is 0 Å². The highest BCUT2D eigenvalue weighted by Gasteiger charge is 2.51. The van der Waals surface area contributed by atoms with Crippen LogP contribution in [0, 0.1) is 0 Å². The molecule has 12 rings (SSSR count). The lowest BCUT2D eigenvalue weighted by Crippen LogP contribution is -2.25. The van der Waals surface area contributed by atoms with E-state index in [1.807, 2.05) is 48.5 Å². The smallest absolute Gasteiger partial charge is 0.164 e. The Bertz CT molecular complexity index is 3170. The second-order valence-electron chi connectivity index (χ2n) is 14.6. The molecule has 56 heavy (non-hydrogen) atoms. The summed E-state index contributed by atoms with van der Waals surface area (Å²) >= 11 is 0. The molecule has 4 heteroatoms. The van der Waals surface area contributed by atoms with Crippen molar-refractivity contribution in [2.75, 3.05) is 0 Å². The third-order valence-corrected chi connectivity index (χ3v) is 11.8. The Morgan fingerprint density at radius 1 is 0.321 bits per heavy atom. The third-order valence-electron chi connectivity index (χ3n) is 11.8. The topological polar surface area (TPSA) is 51.8 Å². The van der Waals surface area contributed by atoms with Gasteiger partial charge in [0.25, 0.3) is 0 Å². The molecule has 0 amide bonds. The molecule has 0 unspecified atom stereocenters. The number of fused-ring (bicyclic) bond motifs is 13. The summed E-state index contributed by atoms with van der Waals surface area (Å²) in [5.74, 6) is 1.84. The molecule has 0 saturated carbocycles. The van der Waals surface area contributed by atoms with Crippen molar-refractivity contribution in [2.24, 2.45) is 0 Å². The van der Waals surface area contributed by atoms with E-state index in [0.717, 1.165) is 49.8 Å². The molecule has 0 aliphatic heterocycles. The van der Waals surface area contributed by atoms with E-state index in [4.69, 9.17) is 19.4 Å². The first-order chi connectivity index (χ1) is 27.8. The first kappa shape index (κ1) is 31.0. The number of furan rings is 1. The van der Waals surface area contributed by atoms with E-state index < -0.39 is 0 Å². The van der Waals surface area contributed by atoms with Crippen molar-refractivity contribution < 1.29 is 4.42 Å². The van der Waals surface area contributed by atoms with Crippen LogP contribution in [0.15, 0.2) is 192 Å². The van der Waals surface area contributed by atoms with Crippen LogP contribution in [-0.2, 0) is 5.41 Å². The van der Waals surface area contributed by atoms with Gasteiger partial charge < -0.3 is 4.42 Å². The van der Waals surface area contributed by atoms with Crippen molar-refractivity contribution in [3.05, 3.63) is 210 Å². The maximum atomic E-state index is 6.29. The molecule has 0 atom stereocenters. The number of aromatic nitrogens is 3. The molecule has 8 aromatic carbocycles. The van der Waals surface area contributed by atoms with Crippen molar-refractivity contribution >= 4 is 21.9 Å². The van der Waals surface area contributed by atoms with Gasteiger partial charge in [0.2, 0.25) is 0 Å². The van der Waals surface area contributed by atoms with Gasteiger partial charge in [-0.05, 0) is 73.8 Å². The number of hydrogen-bond acceptors (Lipinski definition) is 4. The van der Waals surface area contributed by atoms with Crippen LogP contribution in [0.2, 0.25) is 0 Å². The predicted octanol–water partition coefficient (Wildman–Crippen LogP) is 12.8. The summed E-state index contributed by atoms with van der Waals surface area (Å²) in [5, 5.41) is 2.03. The Kier molecular flexibility index (Phi) is 6.52. The molecule has 2 aliphatic rings. The molecule has 2 heterocycles. The van der Waals surface area contributed by atoms with Gasteiger partial charge >= 0.3 is 0 Å². The quantitative estimate of drug-likeness (QED) is 0.182. The van der Waals surface area contributed by atoms with E-state index in [1.165, 1.54) is 44.5 Å². The summed E-state index contributed by atoms with van der Waals surface area (Å²) in [7, 11) is 0. The lowest BCUT2D eigenvalue weighted by molar-refractivity contribution is 0.669. The zero-order valence-corrected chi connectivity index (χ0v) is 30.1. The van der Waals surface area contributed by atoms with E-state index in [1.54, 1.807) is 0 Å². The second kappa shape index (κ2) is 11.8. The molecule has 0 N–H and O–H groups in total. The van der Waals surface area contributed by atoms with Gasteiger partial charge in [0.15, 0.2) is 17.5 Å². The van der Waals surface area contributed by atoms with Crippen LogP contribution in [0.25, 0.3) is 89.5 Å². The summed E-state index contributed by atoms with van der Waals surface area (Å²) < 4.78 is 6.29. The molecule has 0 fully saturated rings. The number of nitrogens with zero attached hydrogens (tertiary/aromatic N) is 3. The van der Waals surface area contributed by atoms with Crippen molar-refractivity contribution in [1.82, 2.24) is 15.0 Å². The first-order valence-electron chi connectivity index (χ1n) is 19.0. The largest absolute Gasteiger partial charge is 0.456 e. The predicted molar refractivity (Wildman–Crippen MR) is 225 cm³/mol. The number of para-hydroxylation sites is 1. The van der Waals surface area contributed by atoms with Gasteiger partial charge in [-0.3, -0.25) is 0 Å². The maximum Gasteiger partial charge on any atom is 0.164 e. The lowest BCUT2D eigenvalue weighted by atomic mass is 9.70. The van der Waals surface area contributed by atoms with Crippen molar-refractivity contribution in [1.29, 1.82) is 0 Å². The Balaban J connectivity index is 1.07. The number of benzene rings is 8. The van der Waals surface area contributed by atoms with E-state index in [-0.39, 0.29) is 5.41 Å². The van der Waals surface area contributed by atoms with Gasteiger partial charge in [0.05, 0.1) is 5.41 Å². The van der Waals surface area contributed by atoms with Gasteiger partial charge in [-0.15, -0.1) is 0 Å². The lowest BCUT2D eigenvalue weighted by Gasteiger charge is -2.30. The highest BCUT2D eigenvalue weighted by atomic mass is 16.3. The monoisotopic (exact) mass is 713 g/mol. The fourth-order valence-electron chi connectivity index (χ4n) is 9.49. The normalized spacial score (nSPS) is 13.1. The average Bonchev–Trinajstić information content (AvgIpc) is 3.91. The minimum absolute atomic E-state index is 0.386. The van der Waals surface area contributed by atoms with Crippen LogP contribution < -0.4 is 0 Å². The maximum absolute atomic E-state index is 6.29. The molecule has 10 aromatic rings. The van der Waals surface area contributed by atoms with Gasteiger partial charge in [0.1, 0.15) is 11.2 Å². The molecular formula is C52H31N3O. The highest BCUT2D eigenvalue weighted by Crippen LogP contribution is 2.63. The third kappa shape index (κ3) is 4.27. The Labute approximate surface area is 323 Å². The van der Waals surface area contributed by atoms with Gasteiger partial charge in [0, 0.05) is 27.5 Å². The van der Waals surface area contributed by atoms with Crippen LogP contribution in [0.4, 0.5) is 0 Å². The molecule has 2 aliphatic carbocycles. The summed E-state index contributed by atoms with van der Waals surface area (Å²) in [5.41, 5.74) is 16.6. The van der Waals surface area contributed by atoms with Crippen molar-refractivity contribution in [3.8, 4) is 67.5 Å². The molecule has 2 aromatic heterocycles. The standard InChI is InChI=1S/C52H31N3O/c1-2-15-32(16-3-1)49-53-50(55-51(54-49)40-23-14-28-47-48(40)39-22-9-13-27-46(39)56-47)38-21-5-4-17-34(38)33-29-30-45-41(31-33)37-20-8-12-26-44(37)52(45)42-24-10-6-18-35(42)36-19-7-11-25-43(36)52/h1-31H. The zero-order chi connectivity index (χ0) is 36.8. The molecule has 1 spiro atoms. The van der Waals surface area contributed by atoms with E-state index >= 15 is 0 Å². The minimum atomic E-state index is -0.386. The summed E-state index contributed by atoms with van der Waals surface area (Å²) in [6.45, 7) is 0. The van der Waals surface area contributed by atoms with Crippen LogP contribution in [-0.4, -0.2) is 15.0 Å². The molecule has 260 valence electrons. The highest BCUT2D eigenvalue weighted by molar-refractivity contribution is 6.11. The van der Waals surface area contributed by atoms with Crippen LogP contribution in [0.3, 0.4) is 0 Å². The van der Waals surface area contributed by atoms with Crippen LogP contribution in [0.1, 0.15) is 22.3 Å². The zero-order valence-electron chi connectivity index (χ0n) is 30.1. The fraction of sp³-hybridized carbons (Fsp3) is 0.0192. The summed E-state index contributed by atoms with van der Waals surface area (Å²) in [6.07, 6.45) is 0. The van der Waals surface area contributed by atoms with Gasteiger partial charge in [-0.1, -0.05) is 170 Å². The SMILES string of the molecule is c1ccc(-c2nc(-c3ccccc3-c3ccc4c(c3)-c3ccccc3C43c4ccccc4-c4ccccc43)nc(-c3cccc4oc5ccccc5c34)n2)cc1. The number of rotatable bonds is 4. The Morgan fingerprint density at radius 2 is 0.821 bits per heavy atom. The molecule has 0 bridgehead atoms. The number of hydrogen-bond donors (Lipinski definition) is 0. The summed E-state index contributed by atoms with van der Waals surface area (Å²) in [6, 6.07) is 66.7. The molecule has 0 radical (unpaired) electrons. The Hall–Kier alpha value is -7.43. The van der Waals surface area contributed by atoms with Gasteiger partial charge in [-0.25, -0.2) is 15.0 Å². The van der Waals surface area contributed by atoms with E-state index in [2.05, 4.69) is 140 Å². The molecular weight excluding hydrogens is 683 g/mol. The van der Waals surface area contributed by atoms with E-state index in [9.17, 15) is 0 Å². The van der Waals surface area contributed by atoms with Crippen molar-refractivity contribution in [2.45, 2.75) is 5.41 Å². The van der Waals surface area contributed by atoms with Gasteiger partial charge in [-0.2, -0.15) is 0 Å². The van der Waals surface area contributed by atoms with Crippen LogP contribution in [0.5, 0.6) is 0 Å². The summed E-state index contributed by atoms with van der Waals surface area (Å²) in [4.78, 5) is 15.6. The minimum Gasteiger partial charge on any atom is -0.456 e. The van der Waals surface area contributed by atoms with Crippen molar-refractivity contribution in [3.63, 3.8) is 0 Å². The second-order valence-corrected chi connectivity index (χ2v) is 14.6. The van der Waals surface area contributed by atoms with E-state index in [0.29, 0.717) is 17.5 Å². The fourth-order valence-corrected chi connectivity index (χ4v) is 9.49. The molecule has 0 saturated heterocycles. The molecule has 4 nitrogen and oxygen atoms in total. The first-order valence-corrected chi connectivity index (χ1v) is 19.0.